The van der Waals surface area contributed by atoms with Gasteiger partial charge in [-0.05, 0) is 31.9 Å². The maximum atomic E-state index is 5.73. The van der Waals surface area contributed by atoms with E-state index in [1.165, 1.54) is 4.79 Å². The maximum Gasteiger partial charge on any atom is 0.190 e. The number of nitrogen functional groups attached to an aromatic ring is 1. The fourth-order valence-corrected chi connectivity index (χ4v) is 2.28. The minimum absolute atomic E-state index is 0.446. The van der Waals surface area contributed by atoms with Crippen LogP contribution < -0.4 is 22.1 Å². The van der Waals surface area contributed by atoms with Crippen LogP contribution in [0.1, 0.15) is 47.5 Å². The lowest BCUT2D eigenvalue weighted by Gasteiger charge is -2.34. The molecule has 0 bridgehead atoms. The molecule has 128 valence electrons. The van der Waals surface area contributed by atoms with Gasteiger partial charge < -0.3 is 21.3 Å². The Hall–Kier alpha value is -1.76. The number of ether oxygens (including phenoxy) is 1. The van der Waals surface area contributed by atoms with Crippen molar-refractivity contribution >= 4 is 5.82 Å². The molecule has 0 aromatic carbocycles. The van der Waals surface area contributed by atoms with E-state index < -0.39 is 0 Å². The Labute approximate surface area is 133 Å². The van der Waals surface area contributed by atoms with Crippen molar-refractivity contribution in [2.75, 3.05) is 30.5 Å². The number of hydrogen-bond acceptors (Lipinski definition) is 6. The summed E-state index contributed by atoms with van der Waals surface area (Å²) >= 11 is 0. The normalized spacial score (nSPS) is 15.2. The second-order valence-electron chi connectivity index (χ2n) is 4.25. The van der Waals surface area contributed by atoms with Gasteiger partial charge in [-0.1, -0.05) is 27.7 Å². The zero-order valence-electron chi connectivity index (χ0n) is 14.6. The molecular weight excluding hydrogens is 280 g/mol. The first-order valence-electron chi connectivity index (χ1n) is 8.20. The van der Waals surface area contributed by atoms with Crippen LogP contribution in [0.25, 0.3) is 0 Å². The third kappa shape index (κ3) is 5.55. The zero-order chi connectivity index (χ0) is 17.0. The van der Waals surface area contributed by atoms with Crippen molar-refractivity contribution in [3.63, 3.8) is 0 Å². The van der Waals surface area contributed by atoms with Gasteiger partial charge in [0.1, 0.15) is 0 Å². The highest BCUT2D eigenvalue weighted by Crippen LogP contribution is 2.19. The quantitative estimate of drug-likeness (QED) is 0.650. The monoisotopic (exact) mass is 312 g/mol. The van der Waals surface area contributed by atoms with Gasteiger partial charge in [0.25, 0.3) is 0 Å². The van der Waals surface area contributed by atoms with Gasteiger partial charge in [-0.2, -0.15) is 9.89 Å². The highest BCUT2D eigenvalue weighted by Gasteiger charge is 2.21. The largest absolute Gasteiger partial charge is 0.381 e. The Morgan fingerprint density at radius 2 is 1.86 bits per heavy atom. The Kier molecular flexibility index (Phi) is 10.9. The van der Waals surface area contributed by atoms with Crippen LogP contribution >= 0.6 is 0 Å². The molecule has 0 saturated carbocycles. The van der Waals surface area contributed by atoms with Crippen molar-refractivity contribution in [2.45, 2.75) is 53.5 Å². The average Bonchev–Trinajstić information content (AvgIpc) is 2.60. The van der Waals surface area contributed by atoms with Crippen LogP contribution in [-0.4, -0.2) is 35.7 Å². The van der Waals surface area contributed by atoms with Crippen molar-refractivity contribution in [3.05, 3.63) is 17.6 Å². The van der Waals surface area contributed by atoms with E-state index >= 15 is 0 Å². The fraction of sp³-hybridized carbons (Fsp3) is 0.733. The average molecular weight is 312 g/mol. The summed E-state index contributed by atoms with van der Waals surface area (Å²) in [6.45, 7) is 12.6. The minimum atomic E-state index is 0.446. The van der Waals surface area contributed by atoms with Gasteiger partial charge in [-0.3, -0.25) is 0 Å². The van der Waals surface area contributed by atoms with Crippen LogP contribution in [0.3, 0.4) is 0 Å². The van der Waals surface area contributed by atoms with Gasteiger partial charge in [-0.15, -0.1) is 5.10 Å². The maximum absolute atomic E-state index is 5.73. The van der Waals surface area contributed by atoms with Crippen molar-refractivity contribution in [1.29, 1.82) is 0 Å². The first-order chi connectivity index (χ1) is 10.8. The number of hydrogen-bond donors (Lipinski definition) is 2. The molecule has 0 aliphatic carbocycles. The van der Waals surface area contributed by atoms with Crippen molar-refractivity contribution in [3.8, 4) is 0 Å². The van der Waals surface area contributed by atoms with Crippen molar-refractivity contribution < 1.29 is 4.74 Å². The third-order valence-corrected chi connectivity index (χ3v) is 3.23. The van der Waals surface area contributed by atoms with E-state index in [-0.39, 0.29) is 0 Å². The molecule has 0 radical (unpaired) electrons. The highest BCUT2D eigenvalue weighted by atomic mass is 16.5. The summed E-state index contributed by atoms with van der Waals surface area (Å²) in [7, 11) is 0. The molecule has 0 amide bonds. The van der Waals surface area contributed by atoms with E-state index in [1.54, 1.807) is 6.07 Å². The summed E-state index contributed by atoms with van der Waals surface area (Å²) in [5.74, 6) is 11.8. The summed E-state index contributed by atoms with van der Waals surface area (Å²) in [5, 5.41) is 7.84. The number of aromatic nitrogens is 2. The topological polar surface area (TPSA) is 94.7 Å². The van der Waals surface area contributed by atoms with E-state index in [9.17, 15) is 0 Å². The Bertz CT molecular complexity index is 454. The summed E-state index contributed by atoms with van der Waals surface area (Å²) < 4.78 is 5.38. The van der Waals surface area contributed by atoms with Gasteiger partial charge in [-0.25, -0.2) is 0 Å². The van der Waals surface area contributed by atoms with Gasteiger partial charge in [0.05, 0.1) is 0 Å². The standard InChI is InChI=1S/C11H20N6O.2C2H6/c1-2-16(9-5-7-18-8-6-9)11-4-3-10(14-12)17(13)15-11;2*1-2/h3-4,9H,2,5-8,12-13H2,1H3;2*1-2H3/b14-10-;;. The molecule has 1 aliphatic rings. The first kappa shape index (κ1) is 20.2. The van der Waals surface area contributed by atoms with E-state index in [2.05, 4.69) is 22.0 Å². The molecule has 2 heterocycles. The van der Waals surface area contributed by atoms with E-state index in [0.29, 0.717) is 11.5 Å². The number of nitrogens with two attached hydrogens (primary N) is 2. The van der Waals surface area contributed by atoms with Crippen LogP contribution in [0.15, 0.2) is 17.2 Å². The van der Waals surface area contributed by atoms with Gasteiger partial charge in [0.15, 0.2) is 11.3 Å². The van der Waals surface area contributed by atoms with Crippen LogP contribution in [0, 0.1) is 0 Å². The van der Waals surface area contributed by atoms with E-state index in [4.69, 9.17) is 16.4 Å². The van der Waals surface area contributed by atoms with E-state index in [0.717, 1.165) is 38.4 Å². The predicted octanol–water partition coefficient (Wildman–Crippen LogP) is 1.43. The zero-order valence-corrected chi connectivity index (χ0v) is 14.6. The molecule has 7 nitrogen and oxygen atoms in total. The van der Waals surface area contributed by atoms with Crippen LogP contribution in [0.2, 0.25) is 0 Å². The third-order valence-electron chi connectivity index (χ3n) is 3.23. The van der Waals surface area contributed by atoms with Crippen molar-refractivity contribution in [1.82, 2.24) is 9.89 Å². The molecule has 1 aliphatic heterocycles. The van der Waals surface area contributed by atoms with Gasteiger partial charge >= 0.3 is 0 Å². The molecule has 4 N–H and O–H groups in total. The Morgan fingerprint density at radius 3 is 2.32 bits per heavy atom. The van der Waals surface area contributed by atoms with E-state index in [1.807, 2.05) is 33.8 Å². The second kappa shape index (κ2) is 11.9. The molecule has 7 heteroatoms. The Morgan fingerprint density at radius 1 is 1.27 bits per heavy atom. The SMILES string of the molecule is CC.CC.CCN(c1cc/c(=N/N)n(N)n1)C1CCOCC1. The second-order valence-corrected chi connectivity index (χ2v) is 4.25. The molecule has 1 aromatic heterocycles. The first-order valence-corrected chi connectivity index (χ1v) is 8.20. The number of nitrogens with zero attached hydrogens (tertiary/aromatic N) is 4. The summed E-state index contributed by atoms with van der Waals surface area (Å²) in [4.78, 5) is 3.45. The number of rotatable bonds is 3. The molecule has 22 heavy (non-hydrogen) atoms. The molecule has 1 fully saturated rings. The minimum Gasteiger partial charge on any atom is -0.381 e. The molecule has 0 unspecified atom stereocenters. The molecule has 0 spiro atoms. The molecule has 2 rings (SSSR count). The molecule has 1 aromatic rings. The highest BCUT2D eigenvalue weighted by molar-refractivity contribution is 5.38. The fourth-order valence-electron chi connectivity index (χ4n) is 2.28. The molecular formula is C15H32N6O. The molecule has 0 atom stereocenters. The van der Waals surface area contributed by atoms with Crippen LogP contribution in [0.5, 0.6) is 0 Å². The summed E-state index contributed by atoms with van der Waals surface area (Å²) in [5.41, 5.74) is 0.446. The van der Waals surface area contributed by atoms with Crippen LogP contribution in [-0.2, 0) is 4.74 Å². The predicted molar refractivity (Wildman–Crippen MR) is 91.7 cm³/mol. The van der Waals surface area contributed by atoms with Crippen LogP contribution in [0.4, 0.5) is 5.82 Å². The Balaban J connectivity index is 0.00000102. The summed E-state index contributed by atoms with van der Waals surface area (Å²) in [6, 6.07) is 4.12. The summed E-state index contributed by atoms with van der Waals surface area (Å²) in [6.07, 6.45) is 2.03. The lowest BCUT2D eigenvalue weighted by atomic mass is 10.1. The van der Waals surface area contributed by atoms with Gasteiger partial charge in [0, 0.05) is 25.8 Å². The number of anilines is 1. The van der Waals surface area contributed by atoms with Crippen molar-refractivity contribution in [2.24, 2.45) is 10.9 Å². The smallest absolute Gasteiger partial charge is 0.190 e. The molecule has 1 saturated heterocycles. The lowest BCUT2D eigenvalue weighted by molar-refractivity contribution is 0.0844. The van der Waals surface area contributed by atoms with Gasteiger partial charge in [0.2, 0.25) is 0 Å². The lowest BCUT2D eigenvalue weighted by Crippen LogP contribution is -2.42.